The lowest BCUT2D eigenvalue weighted by Gasteiger charge is -2.15. The Balaban J connectivity index is 1.59. The van der Waals surface area contributed by atoms with Gasteiger partial charge in [-0.25, -0.2) is 4.98 Å². The van der Waals surface area contributed by atoms with Crippen molar-refractivity contribution in [3.63, 3.8) is 0 Å². The maximum absolute atomic E-state index is 12.4. The molecule has 0 saturated heterocycles. The number of rotatable bonds is 7. The Hall–Kier alpha value is -2.57. The molecule has 0 aliphatic heterocycles. The second-order valence-corrected chi connectivity index (χ2v) is 7.39. The highest BCUT2D eigenvalue weighted by atomic mass is 35.5. The van der Waals surface area contributed by atoms with Crippen LogP contribution in [-0.4, -0.2) is 24.1 Å². The van der Waals surface area contributed by atoms with Crippen molar-refractivity contribution in [2.24, 2.45) is 0 Å². The van der Waals surface area contributed by atoms with Gasteiger partial charge in [-0.15, -0.1) is 11.3 Å². The van der Waals surface area contributed by atoms with Crippen LogP contribution in [0.5, 0.6) is 11.5 Å². The monoisotopic (exact) mass is 402 g/mol. The SMILES string of the molecule is COc1ccccc1OC(C)C(=O)Nc1ncc(Cc2ccc(Cl)cc2)s1. The zero-order chi connectivity index (χ0) is 19.2. The molecule has 0 spiro atoms. The normalized spacial score (nSPS) is 11.7. The first kappa shape index (κ1) is 19.2. The van der Waals surface area contributed by atoms with Gasteiger partial charge in [-0.3, -0.25) is 10.1 Å². The van der Waals surface area contributed by atoms with Gasteiger partial charge in [-0.2, -0.15) is 0 Å². The highest BCUT2D eigenvalue weighted by Gasteiger charge is 2.18. The maximum Gasteiger partial charge on any atom is 0.266 e. The number of amides is 1. The number of carbonyl (C=O) groups excluding carboxylic acids is 1. The number of anilines is 1. The molecule has 0 aliphatic carbocycles. The molecule has 0 aliphatic rings. The number of hydrogen-bond acceptors (Lipinski definition) is 5. The summed E-state index contributed by atoms with van der Waals surface area (Å²) in [4.78, 5) is 17.7. The van der Waals surface area contributed by atoms with Crippen LogP contribution >= 0.6 is 22.9 Å². The maximum atomic E-state index is 12.4. The number of hydrogen-bond donors (Lipinski definition) is 1. The molecule has 0 radical (unpaired) electrons. The van der Waals surface area contributed by atoms with Crippen molar-refractivity contribution in [1.82, 2.24) is 4.98 Å². The van der Waals surface area contributed by atoms with E-state index in [4.69, 9.17) is 21.1 Å². The van der Waals surface area contributed by atoms with Gasteiger partial charge in [0.1, 0.15) is 0 Å². The van der Waals surface area contributed by atoms with Gasteiger partial charge in [-0.05, 0) is 36.8 Å². The standard InChI is InChI=1S/C20H19ClN2O3S/c1-13(26-18-6-4-3-5-17(18)25-2)19(24)23-20-22-12-16(27-20)11-14-7-9-15(21)10-8-14/h3-10,12-13H,11H2,1-2H3,(H,22,23,24). The average molecular weight is 403 g/mol. The number of halogens is 1. The molecule has 1 N–H and O–H groups in total. The fourth-order valence-corrected chi connectivity index (χ4v) is 3.39. The third-order valence-corrected chi connectivity index (χ3v) is 4.98. The van der Waals surface area contributed by atoms with E-state index in [1.165, 1.54) is 11.3 Å². The summed E-state index contributed by atoms with van der Waals surface area (Å²) in [5, 5.41) is 4.05. The van der Waals surface area contributed by atoms with Crippen LogP contribution in [0.3, 0.4) is 0 Å². The summed E-state index contributed by atoms with van der Waals surface area (Å²) in [6.07, 6.45) is 1.81. The number of aromatic nitrogens is 1. The van der Waals surface area contributed by atoms with Crippen molar-refractivity contribution in [3.8, 4) is 11.5 Å². The lowest BCUT2D eigenvalue weighted by Crippen LogP contribution is -2.30. The Morgan fingerprint density at radius 2 is 1.89 bits per heavy atom. The third kappa shape index (κ3) is 5.21. The van der Waals surface area contributed by atoms with Crippen molar-refractivity contribution in [1.29, 1.82) is 0 Å². The largest absolute Gasteiger partial charge is 0.493 e. The number of para-hydroxylation sites is 2. The van der Waals surface area contributed by atoms with Crippen molar-refractivity contribution < 1.29 is 14.3 Å². The number of ether oxygens (including phenoxy) is 2. The number of nitrogens with one attached hydrogen (secondary N) is 1. The molecule has 1 unspecified atom stereocenters. The van der Waals surface area contributed by atoms with Crippen LogP contribution in [0.15, 0.2) is 54.7 Å². The number of benzene rings is 2. The minimum absolute atomic E-state index is 0.270. The summed E-state index contributed by atoms with van der Waals surface area (Å²) >= 11 is 7.34. The smallest absolute Gasteiger partial charge is 0.266 e. The number of thiazole rings is 1. The Morgan fingerprint density at radius 3 is 2.59 bits per heavy atom. The first-order valence-corrected chi connectivity index (χ1v) is 9.54. The van der Waals surface area contributed by atoms with Gasteiger partial charge in [0.25, 0.3) is 5.91 Å². The molecule has 0 fully saturated rings. The van der Waals surface area contributed by atoms with E-state index in [1.54, 1.807) is 32.4 Å². The molecule has 7 heteroatoms. The van der Waals surface area contributed by atoms with Crippen LogP contribution < -0.4 is 14.8 Å². The van der Waals surface area contributed by atoms with E-state index in [-0.39, 0.29) is 5.91 Å². The molecule has 2 aromatic carbocycles. The van der Waals surface area contributed by atoms with E-state index < -0.39 is 6.10 Å². The van der Waals surface area contributed by atoms with E-state index in [0.29, 0.717) is 21.7 Å². The van der Waals surface area contributed by atoms with Crippen molar-refractivity contribution in [3.05, 3.63) is 70.2 Å². The minimum Gasteiger partial charge on any atom is -0.493 e. The first-order valence-electron chi connectivity index (χ1n) is 8.35. The third-order valence-electron chi connectivity index (χ3n) is 3.82. The van der Waals surface area contributed by atoms with Crippen molar-refractivity contribution in [2.45, 2.75) is 19.4 Å². The lowest BCUT2D eigenvalue weighted by atomic mass is 10.1. The summed E-state index contributed by atoms with van der Waals surface area (Å²) in [7, 11) is 1.56. The summed E-state index contributed by atoms with van der Waals surface area (Å²) in [5.41, 5.74) is 1.13. The van der Waals surface area contributed by atoms with Gasteiger partial charge in [-0.1, -0.05) is 35.9 Å². The van der Waals surface area contributed by atoms with Crippen LogP contribution in [0.4, 0.5) is 5.13 Å². The zero-order valence-corrected chi connectivity index (χ0v) is 16.5. The second kappa shape index (κ2) is 8.88. The Kier molecular flexibility index (Phi) is 6.32. The lowest BCUT2D eigenvalue weighted by molar-refractivity contribution is -0.122. The molecule has 1 aromatic heterocycles. The molecule has 140 valence electrons. The summed E-state index contributed by atoms with van der Waals surface area (Å²) in [6, 6.07) is 14.9. The summed E-state index contributed by atoms with van der Waals surface area (Å²) in [6.45, 7) is 1.68. The van der Waals surface area contributed by atoms with E-state index in [0.717, 1.165) is 16.9 Å². The van der Waals surface area contributed by atoms with Crippen LogP contribution in [0.25, 0.3) is 0 Å². The van der Waals surface area contributed by atoms with E-state index in [2.05, 4.69) is 10.3 Å². The quantitative estimate of drug-likeness (QED) is 0.616. The van der Waals surface area contributed by atoms with Crippen LogP contribution in [0, 0.1) is 0 Å². The molecule has 1 amide bonds. The Bertz CT molecular complexity index is 912. The molecule has 0 bridgehead atoms. The predicted molar refractivity (Wildman–Crippen MR) is 108 cm³/mol. The molecule has 3 rings (SSSR count). The number of nitrogens with zero attached hydrogens (tertiary/aromatic N) is 1. The Morgan fingerprint density at radius 1 is 1.19 bits per heavy atom. The molecule has 27 heavy (non-hydrogen) atoms. The molecular weight excluding hydrogens is 384 g/mol. The zero-order valence-electron chi connectivity index (χ0n) is 14.9. The minimum atomic E-state index is -0.690. The van der Waals surface area contributed by atoms with Crippen LogP contribution in [0.1, 0.15) is 17.4 Å². The van der Waals surface area contributed by atoms with Gasteiger partial charge in [0.05, 0.1) is 7.11 Å². The first-order chi connectivity index (χ1) is 13.0. The highest BCUT2D eigenvalue weighted by Crippen LogP contribution is 2.27. The van der Waals surface area contributed by atoms with Gasteiger partial charge in [0.15, 0.2) is 22.7 Å². The molecule has 3 aromatic rings. The van der Waals surface area contributed by atoms with Gasteiger partial charge >= 0.3 is 0 Å². The van der Waals surface area contributed by atoms with Crippen molar-refractivity contribution in [2.75, 3.05) is 12.4 Å². The number of carbonyl (C=O) groups is 1. The molecular formula is C20H19ClN2O3S. The fourth-order valence-electron chi connectivity index (χ4n) is 2.42. The highest BCUT2D eigenvalue weighted by molar-refractivity contribution is 7.15. The Labute approximate surface area is 166 Å². The van der Waals surface area contributed by atoms with E-state index >= 15 is 0 Å². The van der Waals surface area contributed by atoms with E-state index in [1.807, 2.05) is 36.4 Å². The predicted octanol–water partition coefficient (Wildman–Crippen LogP) is 4.80. The van der Waals surface area contributed by atoms with Crippen LogP contribution in [0.2, 0.25) is 5.02 Å². The van der Waals surface area contributed by atoms with Gasteiger partial charge in [0.2, 0.25) is 0 Å². The van der Waals surface area contributed by atoms with E-state index in [9.17, 15) is 4.79 Å². The number of methoxy groups -OCH3 is 1. The second-order valence-electron chi connectivity index (χ2n) is 5.84. The molecule has 5 nitrogen and oxygen atoms in total. The molecule has 0 saturated carbocycles. The van der Waals surface area contributed by atoms with Crippen LogP contribution in [-0.2, 0) is 11.2 Å². The summed E-state index contributed by atoms with van der Waals surface area (Å²) in [5.74, 6) is 0.829. The van der Waals surface area contributed by atoms with Gasteiger partial charge in [0, 0.05) is 22.5 Å². The van der Waals surface area contributed by atoms with Crippen molar-refractivity contribution >= 4 is 34.0 Å². The van der Waals surface area contributed by atoms with Gasteiger partial charge < -0.3 is 9.47 Å². The fraction of sp³-hybridized carbons (Fsp3) is 0.200. The average Bonchev–Trinajstić information content (AvgIpc) is 3.10. The topological polar surface area (TPSA) is 60.5 Å². The molecule has 1 atom stereocenters. The summed E-state index contributed by atoms with van der Waals surface area (Å²) < 4.78 is 10.9. The molecule has 1 heterocycles.